The molecule has 0 saturated heterocycles. The molecule has 0 heterocycles. The van der Waals surface area contributed by atoms with E-state index in [9.17, 15) is 4.79 Å². The van der Waals surface area contributed by atoms with Crippen molar-refractivity contribution in [3.8, 4) is 0 Å². The first-order chi connectivity index (χ1) is 15.4. The van der Waals surface area contributed by atoms with E-state index in [0.717, 1.165) is 50.5 Å². The highest BCUT2D eigenvalue weighted by Crippen LogP contribution is 2.32. The zero-order valence-corrected chi connectivity index (χ0v) is 26.0. The van der Waals surface area contributed by atoms with E-state index in [1.807, 2.05) is 6.92 Å². The molecule has 0 bridgehead atoms. The Balaban J connectivity index is -0.000000186. The van der Waals surface area contributed by atoms with Gasteiger partial charge in [-0.05, 0) is 57.4 Å². The van der Waals surface area contributed by atoms with Crippen LogP contribution in [0.2, 0.25) is 0 Å². The van der Waals surface area contributed by atoms with Crippen LogP contribution in [0, 0.1) is 11.8 Å². The molecule has 0 aromatic carbocycles. The fourth-order valence-corrected chi connectivity index (χ4v) is 3.66. The Hall–Kier alpha value is 0.520. The molecule has 0 aromatic rings. The lowest BCUT2D eigenvalue weighted by Crippen LogP contribution is -2.45. The summed E-state index contributed by atoms with van der Waals surface area (Å²) in [6.07, 6.45) is 15.4. The lowest BCUT2D eigenvalue weighted by atomic mass is 9.78. The van der Waals surface area contributed by atoms with E-state index in [-0.39, 0.29) is 53.1 Å². The number of aliphatic hydroxyl groups excluding tert-OH is 3. The van der Waals surface area contributed by atoms with Gasteiger partial charge in [0.25, 0.3) is 0 Å². The Labute approximate surface area is 237 Å². The number of carbonyl (C=O) groups is 1. The maximum absolute atomic E-state index is 9.90. The van der Waals surface area contributed by atoms with E-state index in [2.05, 4.69) is 25.8 Å². The van der Waals surface area contributed by atoms with E-state index >= 15 is 0 Å². The number of hydrogen-bond donors (Lipinski definition) is 4. The van der Waals surface area contributed by atoms with Crippen LogP contribution in [0.15, 0.2) is 0 Å². The van der Waals surface area contributed by atoms with Crippen molar-refractivity contribution >= 4 is 46.3 Å². The average molecular weight is 561 g/mol. The fraction of sp³-hybridized carbons (Fsp3) is 0.962. The van der Waals surface area contributed by atoms with Crippen LogP contribution in [0.1, 0.15) is 104 Å². The molecule has 3 rings (SSSR count). The highest BCUT2D eigenvalue weighted by Gasteiger charge is 2.26. The highest BCUT2D eigenvalue weighted by atomic mass is 32.1. The summed E-state index contributed by atoms with van der Waals surface area (Å²) < 4.78 is 0. The van der Waals surface area contributed by atoms with Crippen molar-refractivity contribution in [1.29, 1.82) is 0 Å². The maximum atomic E-state index is 9.90. The summed E-state index contributed by atoms with van der Waals surface area (Å²) in [5.41, 5.74) is 5.22. The van der Waals surface area contributed by atoms with Crippen molar-refractivity contribution in [2.24, 2.45) is 17.6 Å². The number of likely N-dealkylation sites (N-methyl/N-ethyl adjacent to an activating group) is 1. The maximum Gasteiger partial charge on any atom is 0.132 e. The van der Waals surface area contributed by atoms with Crippen molar-refractivity contribution < 1.29 is 20.1 Å². The second-order valence-electron chi connectivity index (χ2n) is 9.73. The van der Waals surface area contributed by atoms with Crippen LogP contribution in [0.5, 0.6) is 0 Å². The second-order valence-corrected chi connectivity index (χ2v) is 9.73. The molecule has 3 saturated carbocycles. The van der Waals surface area contributed by atoms with Gasteiger partial charge >= 0.3 is 0 Å². The van der Waals surface area contributed by atoms with Gasteiger partial charge in [0.05, 0.1) is 13.2 Å². The summed E-state index contributed by atoms with van der Waals surface area (Å²) >= 11 is 0. The van der Waals surface area contributed by atoms with Gasteiger partial charge in [-0.15, -0.1) is 0 Å². The molecule has 3 aliphatic carbocycles. The minimum absolute atomic E-state index is 0. The predicted octanol–water partition coefficient (Wildman–Crippen LogP) is 4.23. The average Bonchev–Trinajstić information content (AvgIpc) is 2.72. The molecule has 216 valence electrons. The molecular weight excluding hydrogens is 500 g/mol. The quantitative estimate of drug-likeness (QED) is 0.319. The Morgan fingerprint density at radius 3 is 1.51 bits per heavy atom. The van der Waals surface area contributed by atoms with Crippen LogP contribution in [-0.2, 0) is 4.79 Å². The third-order valence-electron chi connectivity index (χ3n) is 7.31. The van der Waals surface area contributed by atoms with Crippen molar-refractivity contribution in [1.82, 2.24) is 4.90 Å². The number of Topliss-reactive ketones (excluding diaryl/α,β-unsaturated/α-hetero) is 1. The van der Waals surface area contributed by atoms with E-state index in [1.165, 1.54) is 44.9 Å². The summed E-state index contributed by atoms with van der Waals surface area (Å²) in [6, 6.07) is 1.14. The molecule has 3 aliphatic rings. The number of aliphatic hydroxyl groups is 3. The largest absolute Gasteiger partial charge is 0.396 e. The van der Waals surface area contributed by atoms with Crippen molar-refractivity contribution in [2.75, 3.05) is 26.9 Å². The van der Waals surface area contributed by atoms with Gasteiger partial charge in [0.1, 0.15) is 5.78 Å². The van der Waals surface area contributed by atoms with Gasteiger partial charge in [-0.3, -0.25) is 9.69 Å². The van der Waals surface area contributed by atoms with Gasteiger partial charge in [-0.1, -0.05) is 52.9 Å². The smallest absolute Gasteiger partial charge is 0.132 e. The molecule has 0 amide bonds. The van der Waals surface area contributed by atoms with Crippen molar-refractivity contribution in [3.63, 3.8) is 0 Å². The number of rotatable bonds is 10. The van der Waals surface area contributed by atoms with Crippen LogP contribution in [-0.4, -0.2) is 71.0 Å². The number of hydrogen-bond acceptors (Lipinski definition) is 6. The topological polar surface area (TPSA) is 107 Å². The third-order valence-corrected chi connectivity index (χ3v) is 7.31. The molecule has 0 aliphatic heterocycles. The normalized spacial score (nSPS) is 18.8. The minimum atomic E-state index is -0.00926. The Morgan fingerprint density at radius 2 is 1.34 bits per heavy atom. The zero-order chi connectivity index (χ0) is 24.4. The molecule has 9 heteroatoms. The lowest BCUT2D eigenvalue weighted by Gasteiger charge is -2.39. The monoisotopic (exact) mass is 560 g/mol. The third kappa shape index (κ3) is 20.2. The van der Waals surface area contributed by atoms with Crippen LogP contribution in [0.25, 0.3) is 0 Å². The van der Waals surface area contributed by atoms with Crippen LogP contribution in [0.4, 0.5) is 0 Å². The molecule has 5 N–H and O–H groups in total. The van der Waals surface area contributed by atoms with E-state index in [1.54, 1.807) is 0 Å². The molecule has 0 radical (unpaired) electrons. The SMILES string of the molecule is CC[C@@H](CO)CC1CCC1.CC[C@@H](CO)N(C)C1CCC1.CC[C@H](N)CO.O=C1CCC1.S.S.S. The van der Waals surface area contributed by atoms with Gasteiger partial charge < -0.3 is 21.1 Å². The van der Waals surface area contributed by atoms with E-state index in [0.29, 0.717) is 31.0 Å². The summed E-state index contributed by atoms with van der Waals surface area (Å²) in [5.74, 6) is 1.98. The minimum Gasteiger partial charge on any atom is -0.396 e. The van der Waals surface area contributed by atoms with Crippen LogP contribution < -0.4 is 5.73 Å². The van der Waals surface area contributed by atoms with Crippen LogP contribution in [0.3, 0.4) is 0 Å². The van der Waals surface area contributed by atoms with Gasteiger partial charge in [0, 0.05) is 37.6 Å². The molecule has 3 fully saturated rings. The molecule has 3 atom stereocenters. The van der Waals surface area contributed by atoms with Gasteiger partial charge in [0.2, 0.25) is 0 Å². The van der Waals surface area contributed by atoms with E-state index < -0.39 is 0 Å². The van der Waals surface area contributed by atoms with Crippen molar-refractivity contribution in [3.05, 3.63) is 0 Å². The molecular formula is C26H60N2O4S3. The summed E-state index contributed by atoms with van der Waals surface area (Å²) in [5, 5.41) is 26.1. The number of nitrogens with zero attached hydrogens (tertiary/aromatic N) is 1. The van der Waals surface area contributed by atoms with Crippen molar-refractivity contribution in [2.45, 2.75) is 122 Å². The first-order valence-electron chi connectivity index (χ1n) is 13.2. The number of ketones is 1. The summed E-state index contributed by atoms with van der Waals surface area (Å²) in [4.78, 5) is 12.2. The molecule has 6 nitrogen and oxygen atoms in total. The predicted molar refractivity (Wildman–Crippen MR) is 165 cm³/mol. The molecule has 35 heavy (non-hydrogen) atoms. The van der Waals surface area contributed by atoms with Gasteiger partial charge in [0.15, 0.2) is 0 Å². The lowest BCUT2D eigenvalue weighted by molar-refractivity contribution is -0.123. The highest BCUT2D eigenvalue weighted by molar-refractivity contribution is 7.59. The second kappa shape index (κ2) is 27.6. The van der Waals surface area contributed by atoms with Gasteiger partial charge in [-0.2, -0.15) is 40.5 Å². The standard InChI is InChI=1S/C9H19NO.C9H18O.C4H11NO.C4H6O.3H2S/c1-3-8(7-11)10(2)9-5-4-6-9;1-2-8(7-10)6-9-4-3-5-9;1-2-4(5)3-6;5-4-2-1-3-4;;;/h8-9,11H,3-7H2,1-2H3;8-10H,2-7H2,1H3;4,6H,2-3,5H2,1H3;1-3H2;3*1H2/t2*8-;4-;;;;/m010..../s1. The van der Waals surface area contributed by atoms with Crippen LogP contribution >= 0.6 is 40.5 Å². The fourth-order valence-electron chi connectivity index (χ4n) is 3.66. The molecule has 0 aromatic heterocycles. The first kappa shape index (κ1) is 42.6. The number of nitrogens with two attached hydrogens (primary N) is 1. The molecule has 0 spiro atoms. The Bertz CT molecular complexity index is 438. The Morgan fingerprint density at radius 1 is 0.829 bits per heavy atom. The zero-order valence-electron chi connectivity index (χ0n) is 23.0. The van der Waals surface area contributed by atoms with Gasteiger partial charge in [-0.25, -0.2) is 0 Å². The molecule has 0 unspecified atom stereocenters. The Kier molecular flexibility index (Phi) is 33.5. The number of carbonyl (C=O) groups excluding carboxylic acids is 1. The van der Waals surface area contributed by atoms with E-state index in [4.69, 9.17) is 21.1 Å². The summed E-state index contributed by atoms with van der Waals surface area (Å²) in [6.45, 7) is 7.06. The first-order valence-corrected chi connectivity index (χ1v) is 13.2. The summed E-state index contributed by atoms with van der Waals surface area (Å²) in [7, 11) is 2.13.